The normalized spacial score (nSPS) is 36.5. The van der Waals surface area contributed by atoms with Gasteiger partial charge in [-0.1, -0.05) is 112 Å². The van der Waals surface area contributed by atoms with Crippen LogP contribution in [0.3, 0.4) is 0 Å². The summed E-state index contributed by atoms with van der Waals surface area (Å²) in [5.41, 5.74) is -4.80. The van der Waals surface area contributed by atoms with Crippen molar-refractivity contribution in [1.29, 1.82) is 0 Å². The van der Waals surface area contributed by atoms with Gasteiger partial charge in [-0.2, -0.15) is 0 Å². The number of hydrogen-bond acceptors (Lipinski definition) is 8. The molecule has 0 radical (unpaired) electrons. The van der Waals surface area contributed by atoms with Gasteiger partial charge in [0.15, 0.2) is 5.78 Å². The van der Waals surface area contributed by atoms with Gasteiger partial charge in [-0.3, -0.25) is 14.4 Å². The Balaban J connectivity index is 1.59. The number of hydrogen-bond donors (Lipinski definition) is 3. The zero-order chi connectivity index (χ0) is 34.2. The van der Waals surface area contributed by atoms with E-state index in [0.717, 1.165) is 19.3 Å². The number of allylic oxidation sites excluding steroid dienone is 1. The van der Waals surface area contributed by atoms with Crippen LogP contribution in [0.2, 0.25) is 0 Å². The molecular formula is C38H60O8. The molecule has 4 aliphatic carbocycles. The number of unbranched alkanes of at least 4 members (excludes halogenated alkanes) is 8. The monoisotopic (exact) mass is 644 g/mol. The van der Waals surface area contributed by atoms with Gasteiger partial charge in [0, 0.05) is 23.7 Å². The van der Waals surface area contributed by atoms with Crippen LogP contribution < -0.4 is 0 Å². The first kappa shape index (κ1) is 36.8. The summed E-state index contributed by atoms with van der Waals surface area (Å²) in [7, 11) is 0. The van der Waals surface area contributed by atoms with Gasteiger partial charge in [0.05, 0.1) is 11.3 Å². The van der Waals surface area contributed by atoms with Crippen molar-refractivity contribution in [1.82, 2.24) is 0 Å². The molecule has 0 aromatic rings. The minimum atomic E-state index is -2.27. The van der Waals surface area contributed by atoms with E-state index in [1.165, 1.54) is 38.5 Å². The standard InChI is InChI=1S/C38H60O8/c1-9-10-11-12-13-14-15-16-17-18-29(39)46-37-21-25(5)36-20-24(4)31(40)38(36,44)32(41)27(22-45-34(43)26(6)23(2)3)19-28(33(36)42)30(37)35(37,7)8/h19-20,23,25-26,28,30-32,40-41,44H,9-18,21-22H2,1-8H3/t25-,26?,28+,30-,31+,32-,36?,37?,38-/m1/s1. The second-order valence-corrected chi connectivity index (χ2v) is 15.9. The Hall–Kier alpha value is -2.03. The number of fused-ring (bicyclic) bond motifs is 3. The van der Waals surface area contributed by atoms with E-state index in [9.17, 15) is 29.7 Å². The molecule has 0 heterocycles. The lowest BCUT2D eigenvalue weighted by Gasteiger charge is -2.48. The van der Waals surface area contributed by atoms with E-state index in [2.05, 4.69) is 6.92 Å². The topological polar surface area (TPSA) is 130 Å². The third-order valence-electron chi connectivity index (χ3n) is 12.4. The second-order valence-electron chi connectivity index (χ2n) is 15.9. The molecule has 8 heteroatoms. The van der Waals surface area contributed by atoms with Gasteiger partial charge in [-0.25, -0.2) is 0 Å². The van der Waals surface area contributed by atoms with E-state index in [4.69, 9.17) is 9.47 Å². The summed E-state index contributed by atoms with van der Waals surface area (Å²) in [6, 6.07) is 0. The zero-order valence-electron chi connectivity index (χ0n) is 29.6. The summed E-state index contributed by atoms with van der Waals surface area (Å²) < 4.78 is 12.0. The van der Waals surface area contributed by atoms with Crippen LogP contribution in [0.25, 0.3) is 0 Å². The molecule has 9 atom stereocenters. The highest BCUT2D eigenvalue weighted by Crippen LogP contribution is 2.75. The largest absolute Gasteiger partial charge is 0.461 e. The molecule has 46 heavy (non-hydrogen) atoms. The number of ketones is 1. The van der Waals surface area contributed by atoms with E-state index in [1.54, 1.807) is 26.0 Å². The van der Waals surface area contributed by atoms with Gasteiger partial charge in [0.2, 0.25) is 0 Å². The molecule has 0 aromatic heterocycles. The first-order valence-corrected chi connectivity index (χ1v) is 18.0. The Morgan fingerprint density at radius 3 is 2.15 bits per heavy atom. The maximum Gasteiger partial charge on any atom is 0.309 e. The molecule has 0 aromatic carbocycles. The number of aliphatic hydroxyl groups is 3. The van der Waals surface area contributed by atoms with Crippen molar-refractivity contribution in [2.75, 3.05) is 6.61 Å². The van der Waals surface area contributed by atoms with Crippen LogP contribution >= 0.6 is 0 Å². The van der Waals surface area contributed by atoms with Crippen molar-refractivity contribution in [2.45, 2.75) is 149 Å². The second kappa shape index (κ2) is 13.8. The summed E-state index contributed by atoms with van der Waals surface area (Å²) in [5.74, 6) is -3.17. The van der Waals surface area contributed by atoms with Crippen LogP contribution in [0.5, 0.6) is 0 Å². The van der Waals surface area contributed by atoms with Crippen LogP contribution in [0, 0.1) is 40.4 Å². The van der Waals surface area contributed by atoms with E-state index in [-0.39, 0.29) is 35.8 Å². The van der Waals surface area contributed by atoms with Crippen molar-refractivity contribution in [3.8, 4) is 0 Å². The number of ether oxygens (including phenoxy) is 2. The van der Waals surface area contributed by atoms with Crippen molar-refractivity contribution < 1.29 is 39.2 Å². The summed E-state index contributed by atoms with van der Waals surface area (Å²) in [6.45, 7) is 15.0. The first-order chi connectivity index (χ1) is 21.5. The lowest BCUT2D eigenvalue weighted by atomic mass is 9.59. The van der Waals surface area contributed by atoms with Gasteiger partial charge in [-0.15, -0.1) is 0 Å². The average molecular weight is 645 g/mol. The molecule has 3 unspecified atom stereocenters. The summed E-state index contributed by atoms with van der Waals surface area (Å²) in [5, 5.41) is 35.6. The van der Waals surface area contributed by atoms with Crippen molar-refractivity contribution >= 4 is 17.7 Å². The number of rotatable bonds is 15. The molecule has 4 rings (SSSR count). The molecular weight excluding hydrogens is 584 g/mol. The molecule has 2 saturated carbocycles. The highest BCUT2D eigenvalue weighted by Gasteiger charge is 2.83. The molecule has 0 aliphatic heterocycles. The molecule has 260 valence electrons. The van der Waals surface area contributed by atoms with Gasteiger partial charge < -0.3 is 24.8 Å². The van der Waals surface area contributed by atoms with E-state index >= 15 is 0 Å². The van der Waals surface area contributed by atoms with E-state index in [0.29, 0.717) is 18.4 Å². The third kappa shape index (κ3) is 5.93. The molecule has 0 amide bonds. The molecule has 0 saturated heterocycles. The Labute approximate surface area is 276 Å². The number of esters is 2. The quantitative estimate of drug-likeness (QED) is 0.108. The minimum Gasteiger partial charge on any atom is -0.461 e. The van der Waals surface area contributed by atoms with Gasteiger partial charge >= 0.3 is 11.9 Å². The lowest BCUT2D eigenvalue weighted by Crippen LogP contribution is -2.65. The molecule has 4 aliphatic rings. The van der Waals surface area contributed by atoms with Crippen molar-refractivity contribution in [2.24, 2.45) is 40.4 Å². The highest BCUT2D eigenvalue weighted by atomic mass is 16.6. The third-order valence-corrected chi connectivity index (χ3v) is 12.4. The van der Waals surface area contributed by atoms with Crippen LogP contribution in [0.4, 0.5) is 0 Å². The van der Waals surface area contributed by atoms with Crippen molar-refractivity contribution in [3.05, 3.63) is 23.3 Å². The van der Waals surface area contributed by atoms with Crippen LogP contribution in [0.15, 0.2) is 23.3 Å². The highest BCUT2D eigenvalue weighted by molar-refractivity contribution is 5.96. The Kier molecular flexibility index (Phi) is 11.1. The minimum absolute atomic E-state index is 0.0414. The number of carbonyl (C=O) groups excluding carboxylic acids is 3. The summed E-state index contributed by atoms with van der Waals surface area (Å²) in [4.78, 5) is 41.0. The maximum atomic E-state index is 14.8. The van der Waals surface area contributed by atoms with Crippen LogP contribution in [-0.2, 0) is 23.9 Å². The maximum absolute atomic E-state index is 14.8. The smallest absolute Gasteiger partial charge is 0.309 e. The Bertz CT molecular complexity index is 1220. The summed E-state index contributed by atoms with van der Waals surface area (Å²) >= 11 is 0. The Morgan fingerprint density at radius 1 is 0.978 bits per heavy atom. The van der Waals surface area contributed by atoms with E-state index < -0.39 is 58.0 Å². The average Bonchev–Trinajstić information content (AvgIpc) is 3.41. The van der Waals surface area contributed by atoms with Gasteiger partial charge in [0.25, 0.3) is 0 Å². The predicted molar refractivity (Wildman–Crippen MR) is 176 cm³/mol. The van der Waals surface area contributed by atoms with Crippen LogP contribution in [0.1, 0.15) is 126 Å². The molecule has 8 nitrogen and oxygen atoms in total. The summed E-state index contributed by atoms with van der Waals surface area (Å²) in [6.07, 6.45) is 11.0. The number of carbonyl (C=O) groups is 3. The molecule has 2 fully saturated rings. The van der Waals surface area contributed by atoms with E-state index in [1.807, 2.05) is 34.6 Å². The fourth-order valence-electron chi connectivity index (χ4n) is 9.11. The zero-order valence-corrected chi connectivity index (χ0v) is 29.6. The molecule has 3 N–H and O–H groups in total. The van der Waals surface area contributed by atoms with Crippen molar-refractivity contribution in [3.63, 3.8) is 0 Å². The fraction of sp³-hybridized carbons (Fsp3) is 0.816. The predicted octanol–water partition coefficient (Wildman–Crippen LogP) is 6.24. The van der Waals surface area contributed by atoms with Gasteiger partial charge in [0.1, 0.15) is 30.0 Å². The number of aliphatic hydroxyl groups excluding tert-OH is 2. The SMILES string of the molecule is CCCCCCCCCCCC(=O)OC12C[C@@H](C)C34C=C(C)[C@H](O)[C@@]3(O)[C@H](O)C(COC(=O)C(C)C(C)C)=C[C@H](C4=O)[C@@H]1C2(C)C. The van der Waals surface area contributed by atoms with Gasteiger partial charge in [-0.05, 0) is 42.7 Å². The first-order valence-electron chi connectivity index (χ1n) is 18.0. The molecule has 2 bridgehead atoms. The van der Waals surface area contributed by atoms with Crippen LogP contribution in [-0.4, -0.2) is 63.1 Å². The lowest BCUT2D eigenvalue weighted by molar-refractivity contribution is -0.192. The molecule has 1 spiro atoms. The Morgan fingerprint density at radius 2 is 1.57 bits per heavy atom. The number of Topliss-reactive ketones (excluding diaryl/α,β-unsaturated/α-hetero) is 1. The fourth-order valence-corrected chi connectivity index (χ4v) is 9.11.